The monoisotopic (exact) mass is 412 g/mol. The van der Waals surface area contributed by atoms with E-state index < -0.39 is 11.9 Å². The highest BCUT2D eigenvalue weighted by molar-refractivity contribution is 5.94. The Labute approximate surface area is 173 Å². The molecule has 10 heteroatoms. The number of ether oxygens (including phenoxy) is 2. The number of anilines is 2. The van der Waals surface area contributed by atoms with Gasteiger partial charge in [-0.2, -0.15) is 9.50 Å². The fourth-order valence-corrected chi connectivity index (χ4v) is 3.07. The Morgan fingerprint density at radius 3 is 2.73 bits per heavy atom. The van der Waals surface area contributed by atoms with Crippen molar-refractivity contribution in [3.05, 3.63) is 41.2 Å². The number of esters is 1. The highest BCUT2D eigenvalue weighted by Gasteiger charge is 2.15. The molecule has 0 aliphatic heterocycles. The number of nitrogen functional groups attached to an aromatic ring is 1. The molecule has 0 bridgehead atoms. The molecule has 158 valence electrons. The van der Waals surface area contributed by atoms with Gasteiger partial charge in [0.05, 0.1) is 12.3 Å². The molecule has 3 rings (SSSR count). The number of carbonyl (C=O) groups is 2. The average molecular weight is 412 g/mol. The van der Waals surface area contributed by atoms with Crippen LogP contribution in [0.4, 0.5) is 11.6 Å². The third-order valence-electron chi connectivity index (χ3n) is 4.47. The van der Waals surface area contributed by atoms with Gasteiger partial charge in [0.15, 0.2) is 6.61 Å². The quantitative estimate of drug-likeness (QED) is 0.535. The molecule has 1 aromatic carbocycles. The van der Waals surface area contributed by atoms with Crippen molar-refractivity contribution in [2.45, 2.75) is 33.6 Å². The number of nitrogens with one attached hydrogen (secondary N) is 1. The molecule has 0 saturated heterocycles. The molecule has 0 aliphatic carbocycles. The van der Waals surface area contributed by atoms with Crippen LogP contribution < -0.4 is 15.8 Å². The molecule has 0 radical (unpaired) electrons. The molecule has 0 spiro atoms. The van der Waals surface area contributed by atoms with E-state index in [1.807, 2.05) is 26.8 Å². The molecule has 0 unspecified atom stereocenters. The fraction of sp³-hybridized carbons (Fsp3) is 0.350. The van der Waals surface area contributed by atoms with Crippen molar-refractivity contribution in [1.82, 2.24) is 19.6 Å². The number of hydrogen-bond acceptors (Lipinski definition) is 8. The number of hydrogen-bond donors (Lipinski definition) is 2. The minimum absolute atomic E-state index is 0.0991. The summed E-state index contributed by atoms with van der Waals surface area (Å²) in [5.41, 5.74) is 8.56. The minimum atomic E-state index is -0.486. The SMILES string of the molecule is CCOc1ccccc1NC(=O)COC(=O)CCc1c(C)nc2nc(N)nn2c1C. The van der Waals surface area contributed by atoms with Crippen LogP contribution in [0.3, 0.4) is 0 Å². The summed E-state index contributed by atoms with van der Waals surface area (Å²) in [7, 11) is 0. The lowest BCUT2D eigenvalue weighted by atomic mass is 10.1. The molecule has 0 atom stereocenters. The lowest BCUT2D eigenvalue weighted by molar-refractivity contribution is -0.147. The lowest BCUT2D eigenvalue weighted by Crippen LogP contribution is -2.21. The molecule has 2 aromatic heterocycles. The van der Waals surface area contributed by atoms with E-state index in [1.54, 1.807) is 22.7 Å². The van der Waals surface area contributed by atoms with Crippen molar-refractivity contribution in [3.63, 3.8) is 0 Å². The smallest absolute Gasteiger partial charge is 0.306 e. The molecule has 30 heavy (non-hydrogen) atoms. The van der Waals surface area contributed by atoms with Gasteiger partial charge in [0.2, 0.25) is 5.95 Å². The minimum Gasteiger partial charge on any atom is -0.492 e. The Bertz CT molecular complexity index is 1080. The van der Waals surface area contributed by atoms with Crippen LogP contribution in [0.2, 0.25) is 0 Å². The summed E-state index contributed by atoms with van der Waals surface area (Å²) in [5, 5.41) is 6.79. The van der Waals surface area contributed by atoms with E-state index in [2.05, 4.69) is 20.4 Å². The zero-order chi connectivity index (χ0) is 21.7. The van der Waals surface area contributed by atoms with Crippen molar-refractivity contribution >= 4 is 29.3 Å². The Hall–Kier alpha value is -3.69. The van der Waals surface area contributed by atoms with Gasteiger partial charge in [-0.05, 0) is 44.9 Å². The largest absolute Gasteiger partial charge is 0.492 e. The zero-order valence-electron chi connectivity index (χ0n) is 17.1. The highest BCUT2D eigenvalue weighted by Crippen LogP contribution is 2.23. The first kappa shape index (κ1) is 21.0. The second kappa shape index (κ2) is 9.21. The molecule has 0 aliphatic rings. The van der Waals surface area contributed by atoms with Gasteiger partial charge in [-0.1, -0.05) is 12.1 Å². The number of nitrogens with zero attached hydrogens (tertiary/aromatic N) is 4. The van der Waals surface area contributed by atoms with Gasteiger partial charge < -0.3 is 20.5 Å². The third-order valence-corrected chi connectivity index (χ3v) is 4.47. The van der Waals surface area contributed by atoms with Crippen LogP contribution in [0.25, 0.3) is 5.78 Å². The topological polar surface area (TPSA) is 134 Å². The number of nitrogens with two attached hydrogens (primary N) is 1. The van der Waals surface area contributed by atoms with Crippen LogP contribution in [0, 0.1) is 13.8 Å². The van der Waals surface area contributed by atoms with E-state index in [0.717, 1.165) is 17.0 Å². The first-order valence-corrected chi connectivity index (χ1v) is 9.54. The number of amides is 1. The normalized spacial score (nSPS) is 10.8. The maximum atomic E-state index is 12.1. The summed E-state index contributed by atoms with van der Waals surface area (Å²) in [6.07, 6.45) is 0.496. The van der Waals surface area contributed by atoms with Gasteiger partial charge in [-0.15, -0.1) is 5.10 Å². The summed E-state index contributed by atoms with van der Waals surface area (Å²) >= 11 is 0. The number of para-hydroxylation sites is 2. The number of aryl methyl sites for hydroxylation is 2. The molecule has 2 heterocycles. The molecule has 1 amide bonds. The molecule has 3 N–H and O–H groups in total. The summed E-state index contributed by atoms with van der Waals surface area (Å²) in [6.45, 7) is 5.65. The van der Waals surface area contributed by atoms with E-state index in [9.17, 15) is 9.59 Å². The van der Waals surface area contributed by atoms with Crippen LogP contribution in [-0.4, -0.2) is 44.7 Å². The van der Waals surface area contributed by atoms with Crippen LogP contribution >= 0.6 is 0 Å². The van der Waals surface area contributed by atoms with Crippen molar-refractivity contribution in [3.8, 4) is 5.75 Å². The van der Waals surface area contributed by atoms with Gasteiger partial charge in [0, 0.05) is 17.8 Å². The fourth-order valence-electron chi connectivity index (χ4n) is 3.07. The molecule has 3 aromatic rings. The van der Waals surface area contributed by atoms with E-state index in [-0.39, 0.29) is 19.0 Å². The summed E-state index contributed by atoms with van der Waals surface area (Å²) in [5.74, 6) is 0.183. The van der Waals surface area contributed by atoms with Crippen LogP contribution in [0.5, 0.6) is 5.75 Å². The molecular weight excluding hydrogens is 388 g/mol. The summed E-state index contributed by atoms with van der Waals surface area (Å²) < 4.78 is 12.1. The molecule has 10 nitrogen and oxygen atoms in total. The Morgan fingerprint density at radius 1 is 1.20 bits per heavy atom. The first-order chi connectivity index (χ1) is 14.4. The van der Waals surface area contributed by atoms with Gasteiger partial charge in [-0.3, -0.25) is 9.59 Å². The van der Waals surface area contributed by atoms with Crippen LogP contribution in [-0.2, 0) is 20.7 Å². The highest BCUT2D eigenvalue weighted by atomic mass is 16.5. The van der Waals surface area contributed by atoms with Crippen molar-refractivity contribution in [1.29, 1.82) is 0 Å². The van der Waals surface area contributed by atoms with E-state index in [4.69, 9.17) is 15.2 Å². The van der Waals surface area contributed by atoms with Gasteiger partial charge >= 0.3 is 5.97 Å². The Balaban J connectivity index is 1.54. The van der Waals surface area contributed by atoms with Crippen LogP contribution in [0.15, 0.2) is 24.3 Å². The second-order valence-corrected chi connectivity index (χ2v) is 6.58. The molecule has 0 fully saturated rings. The maximum absolute atomic E-state index is 12.1. The summed E-state index contributed by atoms with van der Waals surface area (Å²) in [4.78, 5) is 32.7. The lowest BCUT2D eigenvalue weighted by Gasteiger charge is -2.12. The average Bonchev–Trinajstić information content (AvgIpc) is 3.08. The predicted molar refractivity (Wildman–Crippen MR) is 110 cm³/mol. The molecule has 0 saturated carbocycles. The van der Waals surface area contributed by atoms with Crippen molar-refractivity contribution < 1.29 is 19.1 Å². The van der Waals surface area contributed by atoms with Crippen molar-refractivity contribution in [2.24, 2.45) is 0 Å². The third kappa shape index (κ3) is 4.83. The van der Waals surface area contributed by atoms with E-state index in [0.29, 0.717) is 30.2 Å². The number of fused-ring (bicyclic) bond motifs is 1. The summed E-state index contributed by atoms with van der Waals surface area (Å²) in [6, 6.07) is 7.06. The van der Waals surface area contributed by atoms with Crippen molar-refractivity contribution in [2.75, 3.05) is 24.3 Å². The van der Waals surface area contributed by atoms with Gasteiger partial charge in [-0.25, -0.2) is 4.98 Å². The zero-order valence-corrected chi connectivity index (χ0v) is 17.1. The van der Waals surface area contributed by atoms with Crippen LogP contribution in [0.1, 0.15) is 30.3 Å². The second-order valence-electron chi connectivity index (χ2n) is 6.58. The molecular formula is C20H24N6O4. The first-order valence-electron chi connectivity index (χ1n) is 9.54. The standard InChI is InChI=1S/C20H24N6O4/c1-4-29-16-8-6-5-7-15(16)23-17(27)11-30-18(28)10-9-14-12(2)22-20-24-19(21)25-26(20)13(14)3/h5-8H,4,9-11H2,1-3H3,(H2,21,25)(H,23,27). The Morgan fingerprint density at radius 2 is 1.97 bits per heavy atom. The number of aromatic nitrogens is 4. The Kier molecular flexibility index (Phi) is 6.45. The number of rotatable bonds is 8. The number of carbonyl (C=O) groups excluding carboxylic acids is 2. The maximum Gasteiger partial charge on any atom is 0.306 e. The number of benzene rings is 1. The van der Waals surface area contributed by atoms with Gasteiger partial charge in [0.25, 0.3) is 11.7 Å². The van der Waals surface area contributed by atoms with E-state index in [1.165, 1.54) is 0 Å². The predicted octanol–water partition coefficient (Wildman–Crippen LogP) is 1.84. The van der Waals surface area contributed by atoms with Gasteiger partial charge in [0.1, 0.15) is 5.75 Å². The van der Waals surface area contributed by atoms with E-state index >= 15 is 0 Å².